The molecule has 0 atom stereocenters. The minimum Gasteiger partial charge on any atom is -0.487 e. The molecule has 0 aliphatic rings. The molecule has 1 aromatic heterocycles. The summed E-state index contributed by atoms with van der Waals surface area (Å²) in [6, 6.07) is 24.8. The van der Waals surface area contributed by atoms with E-state index >= 15 is 0 Å². The number of nitrogens with zero attached hydrogens (tertiary/aromatic N) is 3. The first-order valence-electron chi connectivity index (χ1n) is 15.8. The molecule has 4 aromatic carbocycles. The fraction of sp³-hybridized carbons (Fsp3) is 0.324. The molecule has 10 heteroatoms. The number of benzene rings is 4. The van der Waals surface area contributed by atoms with E-state index in [0.717, 1.165) is 88.7 Å². The molecule has 5 aromatic rings. The van der Waals surface area contributed by atoms with Crippen LogP contribution in [0.25, 0.3) is 21.2 Å². The van der Waals surface area contributed by atoms with Crippen LogP contribution in [0.5, 0.6) is 5.75 Å². The molecular weight excluding hydrogens is 647 g/mol. The lowest BCUT2D eigenvalue weighted by molar-refractivity contribution is 0.305. The van der Waals surface area contributed by atoms with Gasteiger partial charge in [-0.15, -0.1) is 0 Å². The number of ether oxygens (including phenoxy) is 1. The van der Waals surface area contributed by atoms with Gasteiger partial charge in [-0.2, -0.15) is 4.37 Å². The Hall–Kier alpha value is -3.21. The van der Waals surface area contributed by atoms with Crippen molar-refractivity contribution in [2.75, 3.05) is 59.7 Å². The number of rotatable bonds is 16. The second kappa shape index (κ2) is 16.8. The summed E-state index contributed by atoms with van der Waals surface area (Å²) >= 11 is 14.8. The Bertz CT molecular complexity index is 1790. The van der Waals surface area contributed by atoms with E-state index in [1.165, 1.54) is 17.1 Å². The van der Waals surface area contributed by atoms with E-state index in [4.69, 9.17) is 32.3 Å². The van der Waals surface area contributed by atoms with E-state index in [1.54, 1.807) is 0 Å². The van der Waals surface area contributed by atoms with Gasteiger partial charge < -0.3 is 30.5 Å². The highest BCUT2D eigenvalue weighted by Gasteiger charge is 2.16. The SMILES string of the molecule is Cc1c(COc2ccc(CNCCN(C)C)cc2Cl)cccc1-c1cccc2c(Nc3ccc(CNCCN(C)C)cc3Cl)nsc12. The maximum Gasteiger partial charge on any atom is 0.152 e. The van der Waals surface area contributed by atoms with Gasteiger partial charge in [-0.25, -0.2) is 0 Å². The molecule has 0 spiro atoms. The number of aromatic nitrogens is 1. The molecule has 47 heavy (non-hydrogen) atoms. The van der Waals surface area contributed by atoms with E-state index < -0.39 is 0 Å². The van der Waals surface area contributed by atoms with Crippen molar-refractivity contribution < 1.29 is 4.74 Å². The van der Waals surface area contributed by atoms with E-state index in [0.29, 0.717) is 22.4 Å². The maximum absolute atomic E-state index is 6.71. The molecule has 7 nitrogen and oxygen atoms in total. The number of hydrogen-bond donors (Lipinski definition) is 3. The second-order valence-corrected chi connectivity index (χ2v) is 13.8. The molecule has 248 valence electrons. The Morgan fingerprint density at radius 1 is 0.766 bits per heavy atom. The lowest BCUT2D eigenvalue weighted by atomic mass is 9.96. The van der Waals surface area contributed by atoms with E-state index in [1.807, 2.05) is 24.3 Å². The van der Waals surface area contributed by atoms with E-state index in [-0.39, 0.29) is 0 Å². The molecule has 0 fully saturated rings. The van der Waals surface area contributed by atoms with E-state index in [2.05, 4.69) is 109 Å². The van der Waals surface area contributed by atoms with Crippen molar-refractivity contribution >= 4 is 56.3 Å². The molecule has 0 radical (unpaired) electrons. The third kappa shape index (κ3) is 9.45. The Balaban J connectivity index is 1.27. The van der Waals surface area contributed by atoms with Crippen LogP contribution in [0.2, 0.25) is 10.0 Å². The van der Waals surface area contributed by atoms with Gasteiger partial charge in [0.05, 0.1) is 20.4 Å². The summed E-state index contributed by atoms with van der Waals surface area (Å²) in [5.41, 5.74) is 7.68. The zero-order valence-electron chi connectivity index (χ0n) is 27.8. The van der Waals surface area contributed by atoms with Gasteiger partial charge in [-0.3, -0.25) is 0 Å². The van der Waals surface area contributed by atoms with Gasteiger partial charge in [0.1, 0.15) is 12.4 Å². The summed E-state index contributed by atoms with van der Waals surface area (Å²) in [7, 11) is 8.29. The lowest BCUT2D eigenvalue weighted by Gasteiger charge is -2.15. The normalized spacial score (nSPS) is 11.6. The van der Waals surface area contributed by atoms with Crippen molar-refractivity contribution in [2.45, 2.75) is 26.6 Å². The summed E-state index contributed by atoms with van der Waals surface area (Å²) in [6.07, 6.45) is 0. The molecule has 3 N–H and O–H groups in total. The Kier molecular flexibility index (Phi) is 12.5. The quantitative estimate of drug-likeness (QED) is 0.0902. The van der Waals surface area contributed by atoms with Crippen LogP contribution in [-0.2, 0) is 19.7 Å². The monoisotopic (exact) mass is 690 g/mol. The van der Waals surface area contributed by atoms with Crippen molar-refractivity contribution in [1.29, 1.82) is 0 Å². The minimum absolute atomic E-state index is 0.422. The zero-order valence-corrected chi connectivity index (χ0v) is 30.1. The van der Waals surface area contributed by atoms with Gasteiger partial charge in [-0.05, 0) is 105 Å². The summed E-state index contributed by atoms with van der Waals surface area (Å²) in [6.45, 7) is 7.93. The summed E-state index contributed by atoms with van der Waals surface area (Å²) in [5.74, 6) is 1.48. The lowest BCUT2D eigenvalue weighted by Crippen LogP contribution is -2.26. The van der Waals surface area contributed by atoms with Crippen molar-refractivity contribution in [3.8, 4) is 16.9 Å². The summed E-state index contributed by atoms with van der Waals surface area (Å²) in [4.78, 5) is 4.32. The third-order valence-electron chi connectivity index (χ3n) is 8.03. The van der Waals surface area contributed by atoms with Crippen LogP contribution >= 0.6 is 34.7 Å². The first-order chi connectivity index (χ1) is 22.7. The van der Waals surface area contributed by atoms with Gasteiger partial charge in [0.15, 0.2) is 5.82 Å². The number of halogens is 2. The van der Waals surface area contributed by atoms with Crippen molar-refractivity contribution in [3.63, 3.8) is 0 Å². The van der Waals surface area contributed by atoms with Crippen LogP contribution in [-0.4, -0.2) is 68.5 Å². The Morgan fingerprint density at radius 3 is 2.06 bits per heavy atom. The maximum atomic E-state index is 6.71. The highest BCUT2D eigenvalue weighted by Crippen LogP contribution is 2.39. The molecule has 0 bridgehead atoms. The van der Waals surface area contributed by atoms with Crippen LogP contribution in [0.15, 0.2) is 72.8 Å². The van der Waals surface area contributed by atoms with Gasteiger partial charge in [0.25, 0.3) is 0 Å². The molecular formula is C37H44Cl2N6OS. The third-order valence-corrected chi connectivity index (χ3v) is 9.53. The molecule has 0 saturated carbocycles. The van der Waals surface area contributed by atoms with Crippen molar-refractivity contribution in [3.05, 3.63) is 105 Å². The van der Waals surface area contributed by atoms with Crippen LogP contribution in [0.1, 0.15) is 22.3 Å². The Morgan fingerprint density at radius 2 is 1.40 bits per heavy atom. The van der Waals surface area contributed by atoms with Crippen LogP contribution in [0.4, 0.5) is 11.5 Å². The summed E-state index contributed by atoms with van der Waals surface area (Å²) < 4.78 is 12.1. The first-order valence-corrected chi connectivity index (χ1v) is 17.4. The molecule has 0 aliphatic carbocycles. The number of hydrogen-bond acceptors (Lipinski definition) is 8. The molecule has 5 rings (SSSR count). The van der Waals surface area contributed by atoms with Crippen LogP contribution in [0.3, 0.4) is 0 Å². The highest BCUT2D eigenvalue weighted by molar-refractivity contribution is 7.14. The molecule has 0 amide bonds. The standard InChI is InChI=1S/C37H44Cl2N6OS/c1-25-28(24-46-35-15-13-27(21-33(35)39)23-41-17-19-45(4)5)8-6-9-29(25)30-10-7-11-31-36(30)47-43-37(31)42-34-14-12-26(20-32(34)38)22-40-16-18-44(2)3/h6-15,20-21,40-41H,16-19,22-24H2,1-5H3,(H,42,43). The number of anilines is 2. The Labute approximate surface area is 293 Å². The van der Waals surface area contributed by atoms with Gasteiger partial charge >= 0.3 is 0 Å². The number of nitrogens with one attached hydrogen (secondary N) is 3. The smallest absolute Gasteiger partial charge is 0.152 e. The fourth-order valence-corrected chi connectivity index (χ4v) is 6.67. The van der Waals surface area contributed by atoms with Crippen molar-refractivity contribution in [2.24, 2.45) is 0 Å². The topological polar surface area (TPSA) is 64.7 Å². The number of fused-ring (bicyclic) bond motifs is 1. The van der Waals surface area contributed by atoms with Gasteiger partial charge in [-0.1, -0.05) is 65.7 Å². The van der Waals surface area contributed by atoms with Gasteiger partial charge in [0, 0.05) is 50.2 Å². The average Bonchev–Trinajstić information content (AvgIpc) is 3.45. The molecule has 0 saturated heterocycles. The number of likely N-dealkylation sites (N-methyl/N-ethyl adjacent to an activating group) is 2. The highest BCUT2D eigenvalue weighted by atomic mass is 35.5. The van der Waals surface area contributed by atoms with Crippen LogP contribution in [0, 0.1) is 6.92 Å². The molecule has 0 aliphatic heterocycles. The minimum atomic E-state index is 0.422. The first kappa shape index (κ1) is 35.1. The summed E-state index contributed by atoms with van der Waals surface area (Å²) in [5, 5.41) is 12.7. The van der Waals surface area contributed by atoms with Crippen LogP contribution < -0.4 is 20.7 Å². The second-order valence-electron chi connectivity index (χ2n) is 12.3. The predicted molar refractivity (Wildman–Crippen MR) is 201 cm³/mol. The largest absolute Gasteiger partial charge is 0.487 e. The van der Waals surface area contributed by atoms with Gasteiger partial charge in [0.2, 0.25) is 0 Å². The zero-order chi connectivity index (χ0) is 33.3. The predicted octanol–water partition coefficient (Wildman–Crippen LogP) is 8.20. The molecule has 1 heterocycles. The van der Waals surface area contributed by atoms with Crippen molar-refractivity contribution in [1.82, 2.24) is 24.8 Å². The fourth-order valence-electron chi connectivity index (χ4n) is 5.29. The van der Waals surface area contributed by atoms with E-state index in [9.17, 15) is 0 Å². The molecule has 0 unspecified atom stereocenters. The average molecular weight is 692 g/mol.